The van der Waals surface area contributed by atoms with Gasteiger partial charge in [0.2, 0.25) is 11.8 Å². The number of aromatic nitrogens is 2. The van der Waals surface area contributed by atoms with Gasteiger partial charge in [-0.3, -0.25) is 4.79 Å². The Balaban J connectivity index is 2.02. The van der Waals surface area contributed by atoms with E-state index in [4.69, 9.17) is 9.47 Å². The third-order valence-electron chi connectivity index (χ3n) is 2.75. The summed E-state index contributed by atoms with van der Waals surface area (Å²) in [4.78, 5) is 20.2. The summed E-state index contributed by atoms with van der Waals surface area (Å²) in [5, 5.41) is 0. The predicted octanol–water partition coefficient (Wildman–Crippen LogP) is 2.79. The van der Waals surface area contributed by atoms with Gasteiger partial charge in [-0.25, -0.2) is 9.97 Å². The van der Waals surface area contributed by atoms with Crippen molar-refractivity contribution in [3.63, 3.8) is 0 Å². The molecule has 2 heterocycles. The lowest BCUT2D eigenvalue weighted by Crippen LogP contribution is -1.91. The van der Waals surface area contributed by atoms with Crippen molar-refractivity contribution >= 4 is 17.9 Å². The first-order chi connectivity index (χ1) is 10.7. The van der Waals surface area contributed by atoms with Crippen LogP contribution < -0.4 is 9.47 Å². The third kappa shape index (κ3) is 4.56. The lowest BCUT2D eigenvalue weighted by molar-refractivity contribution is -0.110. The summed E-state index contributed by atoms with van der Waals surface area (Å²) in [7, 11) is 3.09. The van der Waals surface area contributed by atoms with Crippen LogP contribution in [0.4, 0.5) is 0 Å². The number of carbonyl (C=O) groups is 1. The predicted molar refractivity (Wildman–Crippen MR) is 84.7 cm³/mol. The Labute approximate surface area is 128 Å². The number of rotatable bonds is 6. The molecule has 0 saturated carbocycles. The van der Waals surface area contributed by atoms with Crippen LogP contribution in [0, 0.1) is 0 Å². The van der Waals surface area contributed by atoms with Crippen molar-refractivity contribution in [2.75, 3.05) is 14.2 Å². The number of methoxy groups -OCH3 is 2. The Morgan fingerprint density at radius 1 is 0.864 bits per heavy atom. The van der Waals surface area contributed by atoms with E-state index in [-0.39, 0.29) is 5.78 Å². The molecule has 0 fully saturated rings. The van der Waals surface area contributed by atoms with Crippen LogP contribution in [0.25, 0.3) is 12.2 Å². The molecule has 0 amide bonds. The van der Waals surface area contributed by atoms with Crippen molar-refractivity contribution in [2.24, 2.45) is 0 Å². The minimum absolute atomic E-state index is 0.158. The molecule has 0 unspecified atom stereocenters. The van der Waals surface area contributed by atoms with E-state index in [9.17, 15) is 4.79 Å². The monoisotopic (exact) mass is 296 g/mol. The number of ketones is 1. The Bertz CT molecular complexity index is 649. The van der Waals surface area contributed by atoms with Crippen molar-refractivity contribution in [3.05, 3.63) is 59.9 Å². The second-order valence-electron chi connectivity index (χ2n) is 4.28. The molecule has 0 aliphatic heterocycles. The van der Waals surface area contributed by atoms with Gasteiger partial charge < -0.3 is 9.47 Å². The van der Waals surface area contributed by atoms with Crippen molar-refractivity contribution in [2.45, 2.75) is 0 Å². The van der Waals surface area contributed by atoms with Gasteiger partial charge in [0.05, 0.1) is 25.6 Å². The molecule has 22 heavy (non-hydrogen) atoms. The maximum Gasteiger partial charge on any atom is 0.213 e. The molecular formula is C17H16N2O3. The first-order valence-corrected chi connectivity index (χ1v) is 6.63. The molecule has 2 rings (SSSR count). The molecule has 0 saturated heterocycles. The van der Waals surface area contributed by atoms with E-state index in [2.05, 4.69) is 9.97 Å². The van der Waals surface area contributed by atoms with Crippen LogP contribution in [-0.2, 0) is 4.79 Å². The third-order valence-corrected chi connectivity index (χ3v) is 2.75. The van der Waals surface area contributed by atoms with Gasteiger partial charge in [0.1, 0.15) is 0 Å². The molecule has 0 bridgehead atoms. The van der Waals surface area contributed by atoms with Crippen LogP contribution in [0.2, 0.25) is 0 Å². The fraction of sp³-hybridized carbons (Fsp3) is 0.118. The van der Waals surface area contributed by atoms with Crippen LogP contribution in [0.5, 0.6) is 11.8 Å². The number of allylic oxidation sites excluding steroid dienone is 2. The zero-order chi connectivity index (χ0) is 15.8. The summed E-state index contributed by atoms with van der Waals surface area (Å²) in [5.41, 5.74) is 1.31. The Hall–Kier alpha value is -2.95. The average molecular weight is 296 g/mol. The number of pyridine rings is 2. The van der Waals surface area contributed by atoms with Gasteiger partial charge in [-0.2, -0.15) is 0 Å². The van der Waals surface area contributed by atoms with Crippen molar-refractivity contribution < 1.29 is 14.3 Å². The first kappa shape index (κ1) is 15.4. The molecule has 0 radical (unpaired) electrons. The summed E-state index contributed by atoms with van der Waals surface area (Å²) in [6.07, 6.45) is 6.15. The van der Waals surface area contributed by atoms with Gasteiger partial charge >= 0.3 is 0 Å². The molecule has 0 atom stereocenters. The second-order valence-corrected chi connectivity index (χ2v) is 4.28. The molecule has 2 aromatic heterocycles. The fourth-order valence-corrected chi connectivity index (χ4v) is 1.67. The van der Waals surface area contributed by atoms with Crippen molar-refractivity contribution in [3.8, 4) is 11.8 Å². The van der Waals surface area contributed by atoms with Gasteiger partial charge in [-0.15, -0.1) is 0 Å². The summed E-state index contributed by atoms with van der Waals surface area (Å²) in [5.74, 6) is 0.852. The van der Waals surface area contributed by atoms with Crippen molar-refractivity contribution in [1.82, 2.24) is 9.97 Å². The maximum atomic E-state index is 11.8. The molecule has 0 N–H and O–H groups in total. The molecule has 0 aliphatic carbocycles. The minimum atomic E-state index is -0.158. The Kier molecular flexibility index (Phi) is 5.43. The summed E-state index contributed by atoms with van der Waals surface area (Å²) >= 11 is 0. The minimum Gasteiger partial charge on any atom is -0.481 e. The van der Waals surface area contributed by atoms with Gasteiger partial charge in [0.15, 0.2) is 5.78 Å². The highest BCUT2D eigenvalue weighted by atomic mass is 16.5. The lowest BCUT2D eigenvalue weighted by Gasteiger charge is -1.98. The van der Waals surface area contributed by atoms with E-state index in [0.29, 0.717) is 23.1 Å². The first-order valence-electron chi connectivity index (χ1n) is 6.63. The zero-order valence-corrected chi connectivity index (χ0v) is 12.4. The molecule has 112 valence electrons. The molecule has 0 aliphatic rings. The van der Waals surface area contributed by atoms with E-state index in [1.54, 1.807) is 50.6 Å². The maximum absolute atomic E-state index is 11.8. The van der Waals surface area contributed by atoms with Crippen LogP contribution in [0.1, 0.15) is 11.4 Å². The highest BCUT2D eigenvalue weighted by Gasteiger charge is 1.96. The van der Waals surface area contributed by atoms with Crippen LogP contribution in [0.3, 0.4) is 0 Å². The normalized spacial score (nSPS) is 11.0. The summed E-state index contributed by atoms with van der Waals surface area (Å²) in [6.45, 7) is 0. The summed E-state index contributed by atoms with van der Waals surface area (Å²) < 4.78 is 10.0. The van der Waals surface area contributed by atoms with Crippen LogP contribution in [0.15, 0.2) is 48.6 Å². The van der Waals surface area contributed by atoms with Crippen LogP contribution in [-0.4, -0.2) is 30.0 Å². The largest absolute Gasteiger partial charge is 0.481 e. The Morgan fingerprint density at radius 3 is 1.73 bits per heavy atom. The highest BCUT2D eigenvalue weighted by Crippen LogP contribution is 2.09. The average Bonchev–Trinajstić information content (AvgIpc) is 2.58. The molecule has 5 nitrogen and oxygen atoms in total. The van der Waals surface area contributed by atoms with Crippen LogP contribution >= 0.6 is 0 Å². The number of nitrogens with zero attached hydrogens (tertiary/aromatic N) is 2. The van der Waals surface area contributed by atoms with E-state index >= 15 is 0 Å². The number of ether oxygens (including phenoxy) is 2. The molecule has 0 spiro atoms. The van der Waals surface area contributed by atoms with E-state index < -0.39 is 0 Å². The van der Waals surface area contributed by atoms with E-state index in [0.717, 1.165) is 0 Å². The quantitative estimate of drug-likeness (QED) is 0.767. The van der Waals surface area contributed by atoms with E-state index in [1.165, 1.54) is 12.2 Å². The molecule has 2 aromatic rings. The summed E-state index contributed by atoms with van der Waals surface area (Å²) in [6, 6.07) is 10.7. The lowest BCUT2D eigenvalue weighted by atomic mass is 10.2. The number of carbonyl (C=O) groups excluding carboxylic acids is 1. The van der Waals surface area contributed by atoms with Crippen molar-refractivity contribution in [1.29, 1.82) is 0 Å². The number of hydrogen-bond donors (Lipinski definition) is 0. The zero-order valence-electron chi connectivity index (χ0n) is 12.4. The van der Waals surface area contributed by atoms with Gasteiger partial charge in [-0.1, -0.05) is 12.1 Å². The molecule has 5 heteroatoms. The SMILES string of the molecule is COc1cccc(/C=C/C(=O)/C=C/c2cccc(OC)n2)n1. The van der Waals surface area contributed by atoms with Gasteiger partial charge in [-0.05, 0) is 36.4 Å². The smallest absolute Gasteiger partial charge is 0.213 e. The standard InChI is InChI=1S/C17H16N2O3/c1-21-16-7-3-5-13(18-16)9-11-15(20)12-10-14-6-4-8-17(19-14)22-2/h3-12H,1-2H3/b11-9+,12-10+. The van der Waals surface area contributed by atoms with Gasteiger partial charge in [0.25, 0.3) is 0 Å². The topological polar surface area (TPSA) is 61.3 Å². The number of hydrogen-bond acceptors (Lipinski definition) is 5. The second kappa shape index (κ2) is 7.73. The van der Waals surface area contributed by atoms with E-state index in [1.807, 2.05) is 12.1 Å². The highest BCUT2D eigenvalue weighted by molar-refractivity contribution is 6.04. The molecular weight excluding hydrogens is 280 g/mol. The molecule has 0 aromatic carbocycles. The fourth-order valence-electron chi connectivity index (χ4n) is 1.67. The van der Waals surface area contributed by atoms with Gasteiger partial charge in [0, 0.05) is 12.1 Å². The Morgan fingerprint density at radius 2 is 1.32 bits per heavy atom.